The smallest absolute Gasteiger partial charge is 0.281 e. The highest BCUT2D eigenvalue weighted by atomic mass is 32.2. The molecule has 0 spiro atoms. The van der Waals surface area contributed by atoms with E-state index in [1.165, 1.54) is 18.8 Å². The summed E-state index contributed by atoms with van der Waals surface area (Å²) in [5.74, 6) is 0.179. The summed E-state index contributed by atoms with van der Waals surface area (Å²) in [4.78, 5) is 19.5. The topological polar surface area (TPSA) is 111 Å². The Hall–Kier alpha value is -2.59. The monoisotopic (exact) mass is 479 g/mol. The van der Waals surface area contributed by atoms with Gasteiger partial charge in [-0.25, -0.2) is 8.42 Å². The van der Waals surface area contributed by atoms with Crippen LogP contribution in [0.4, 0.5) is 0 Å². The highest BCUT2D eigenvalue weighted by molar-refractivity contribution is 7.92. The molecule has 2 heterocycles. The van der Waals surface area contributed by atoms with Crippen LogP contribution >= 0.6 is 0 Å². The fourth-order valence-corrected chi connectivity index (χ4v) is 6.07. The number of aromatic hydroxyl groups is 1. The van der Waals surface area contributed by atoms with Crippen molar-refractivity contribution in [1.29, 1.82) is 0 Å². The Balaban J connectivity index is 2.25. The molecule has 10 heteroatoms. The molecule has 0 bridgehead atoms. The number of aryl methyl sites for hydroxylation is 1. The van der Waals surface area contributed by atoms with E-state index < -0.39 is 31.4 Å². The molecule has 1 saturated heterocycles. The molecular formula is C23H33N3O6S. The number of ether oxygens (including phenoxy) is 2. The summed E-state index contributed by atoms with van der Waals surface area (Å²) in [5.41, 5.74) is -0.572. The molecule has 182 valence electrons. The van der Waals surface area contributed by atoms with Gasteiger partial charge in [0.2, 0.25) is 5.88 Å². The molecule has 1 aliphatic rings. The van der Waals surface area contributed by atoms with Crippen LogP contribution in [0.3, 0.4) is 0 Å². The van der Waals surface area contributed by atoms with E-state index in [4.69, 9.17) is 9.47 Å². The first-order chi connectivity index (χ1) is 15.8. The quantitative estimate of drug-likeness (QED) is 0.584. The standard InChI is InChI=1S/C23H33N3O6S/c1-5-7-11-19-24-22(27)21(33(29,30)16-12-14-25(6-2)15-13-16)23(28)26(19)20-17(31-3)9-8-10-18(20)32-4/h8-10,16,27H,5-7,11-15H2,1-4H3. The third-order valence-corrected chi connectivity index (χ3v) is 8.45. The Labute approximate surface area is 194 Å². The summed E-state index contributed by atoms with van der Waals surface area (Å²) in [5, 5.41) is 9.93. The van der Waals surface area contributed by atoms with E-state index in [0.29, 0.717) is 50.3 Å². The summed E-state index contributed by atoms with van der Waals surface area (Å²) in [7, 11) is -1.20. The predicted molar refractivity (Wildman–Crippen MR) is 126 cm³/mol. The summed E-state index contributed by atoms with van der Waals surface area (Å²) in [6.07, 6.45) is 2.69. The van der Waals surface area contributed by atoms with Crippen LogP contribution in [0.15, 0.2) is 27.9 Å². The van der Waals surface area contributed by atoms with Crippen LogP contribution in [0.25, 0.3) is 5.69 Å². The van der Waals surface area contributed by atoms with Crippen molar-refractivity contribution in [2.75, 3.05) is 33.9 Å². The first-order valence-corrected chi connectivity index (χ1v) is 12.9. The molecular weight excluding hydrogens is 446 g/mol. The molecule has 1 aromatic carbocycles. The zero-order chi connectivity index (χ0) is 24.2. The van der Waals surface area contributed by atoms with Crippen LogP contribution in [-0.2, 0) is 16.3 Å². The van der Waals surface area contributed by atoms with Gasteiger partial charge in [-0.1, -0.05) is 26.3 Å². The first kappa shape index (κ1) is 25.0. The summed E-state index contributed by atoms with van der Waals surface area (Å²) < 4.78 is 39.3. The first-order valence-electron chi connectivity index (χ1n) is 11.3. The van der Waals surface area contributed by atoms with Gasteiger partial charge in [-0.2, -0.15) is 4.98 Å². The van der Waals surface area contributed by atoms with E-state index in [1.807, 2.05) is 13.8 Å². The predicted octanol–water partition coefficient (Wildman–Crippen LogP) is 2.56. The average Bonchev–Trinajstić information content (AvgIpc) is 2.82. The van der Waals surface area contributed by atoms with Crippen molar-refractivity contribution in [2.45, 2.75) is 56.1 Å². The molecule has 2 aromatic rings. The molecule has 0 radical (unpaired) electrons. The lowest BCUT2D eigenvalue weighted by Gasteiger charge is -2.30. The number of rotatable bonds is 9. The van der Waals surface area contributed by atoms with Gasteiger partial charge >= 0.3 is 0 Å². The number of hydrogen-bond donors (Lipinski definition) is 1. The average molecular weight is 480 g/mol. The SMILES string of the molecule is CCCCc1nc(O)c(S(=O)(=O)C2CCN(CC)CC2)c(=O)n1-c1c(OC)cccc1OC. The van der Waals surface area contributed by atoms with Gasteiger partial charge in [-0.15, -0.1) is 0 Å². The third-order valence-electron chi connectivity index (χ3n) is 6.18. The van der Waals surface area contributed by atoms with E-state index >= 15 is 0 Å². The minimum absolute atomic E-state index is 0.252. The number of para-hydroxylation sites is 1. The molecule has 0 aliphatic carbocycles. The molecule has 1 aromatic heterocycles. The fraction of sp³-hybridized carbons (Fsp3) is 0.565. The highest BCUT2D eigenvalue weighted by Gasteiger charge is 2.37. The van der Waals surface area contributed by atoms with Crippen molar-refractivity contribution >= 4 is 9.84 Å². The Kier molecular flexibility index (Phi) is 8.01. The van der Waals surface area contributed by atoms with Gasteiger partial charge < -0.3 is 19.5 Å². The van der Waals surface area contributed by atoms with E-state index in [0.717, 1.165) is 13.0 Å². The number of piperidine rings is 1. The Bertz CT molecular complexity index is 1120. The van der Waals surface area contributed by atoms with Crippen molar-refractivity contribution in [1.82, 2.24) is 14.5 Å². The van der Waals surface area contributed by atoms with Crippen molar-refractivity contribution in [3.05, 3.63) is 34.4 Å². The van der Waals surface area contributed by atoms with Gasteiger partial charge in [0.15, 0.2) is 14.7 Å². The number of nitrogens with zero attached hydrogens (tertiary/aromatic N) is 3. The lowest BCUT2D eigenvalue weighted by molar-refractivity contribution is 0.241. The van der Waals surface area contributed by atoms with Crippen LogP contribution in [0.2, 0.25) is 0 Å². The summed E-state index contributed by atoms with van der Waals surface area (Å²) >= 11 is 0. The van der Waals surface area contributed by atoms with Crippen LogP contribution in [0.5, 0.6) is 17.4 Å². The Morgan fingerprint density at radius 2 is 1.73 bits per heavy atom. The normalized spacial score (nSPS) is 15.5. The molecule has 1 fully saturated rings. The van der Waals surface area contributed by atoms with Crippen LogP contribution in [0.1, 0.15) is 45.4 Å². The van der Waals surface area contributed by atoms with E-state index in [-0.39, 0.29) is 11.5 Å². The second-order valence-corrected chi connectivity index (χ2v) is 10.3. The molecule has 3 rings (SSSR count). The van der Waals surface area contributed by atoms with Gasteiger partial charge in [0.25, 0.3) is 5.56 Å². The van der Waals surface area contributed by atoms with Crippen LogP contribution in [0, 0.1) is 0 Å². The molecule has 0 amide bonds. The fourth-order valence-electron chi connectivity index (χ4n) is 4.27. The summed E-state index contributed by atoms with van der Waals surface area (Å²) in [6.45, 7) is 6.11. The second kappa shape index (κ2) is 10.6. The number of methoxy groups -OCH3 is 2. The minimum atomic E-state index is -4.12. The second-order valence-electron chi connectivity index (χ2n) is 8.11. The maximum atomic E-state index is 13.8. The van der Waals surface area contributed by atoms with Gasteiger partial charge in [0.05, 0.1) is 19.5 Å². The molecule has 0 atom stereocenters. The van der Waals surface area contributed by atoms with Gasteiger partial charge in [0.1, 0.15) is 23.0 Å². The van der Waals surface area contributed by atoms with Crippen molar-refractivity contribution in [2.24, 2.45) is 0 Å². The number of hydrogen-bond acceptors (Lipinski definition) is 8. The maximum absolute atomic E-state index is 13.8. The van der Waals surface area contributed by atoms with Gasteiger partial charge in [-0.3, -0.25) is 9.36 Å². The number of aromatic nitrogens is 2. The minimum Gasteiger partial charge on any atom is -0.494 e. The van der Waals surface area contributed by atoms with E-state index in [1.54, 1.807) is 18.2 Å². The van der Waals surface area contributed by atoms with E-state index in [2.05, 4.69) is 9.88 Å². The lowest BCUT2D eigenvalue weighted by Crippen LogP contribution is -2.41. The van der Waals surface area contributed by atoms with Crippen LogP contribution in [-0.4, -0.2) is 67.1 Å². The van der Waals surface area contributed by atoms with E-state index in [9.17, 15) is 18.3 Å². The molecule has 1 N–H and O–H groups in total. The zero-order valence-corrected chi connectivity index (χ0v) is 20.5. The number of benzene rings is 1. The van der Waals surface area contributed by atoms with Crippen molar-refractivity contribution in [3.8, 4) is 23.1 Å². The number of unbranched alkanes of at least 4 members (excludes halogenated alkanes) is 1. The summed E-state index contributed by atoms with van der Waals surface area (Å²) in [6, 6.07) is 5.04. The number of likely N-dealkylation sites (tertiary alicyclic amines) is 1. The lowest BCUT2D eigenvalue weighted by atomic mass is 10.1. The number of sulfone groups is 1. The molecule has 0 unspecified atom stereocenters. The Morgan fingerprint density at radius 1 is 1.12 bits per heavy atom. The van der Waals surface area contributed by atoms with Crippen LogP contribution < -0.4 is 15.0 Å². The molecule has 0 saturated carbocycles. The molecule has 9 nitrogen and oxygen atoms in total. The third kappa shape index (κ3) is 4.86. The zero-order valence-electron chi connectivity index (χ0n) is 19.7. The molecule has 1 aliphatic heterocycles. The maximum Gasteiger partial charge on any atom is 0.281 e. The van der Waals surface area contributed by atoms with Gasteiger partial charge in [0, 0.05) is 6.42 Å². The van der Waals surface area contributed by atoms with Gasteiger partial charge in [-0.05, 0) is 51.0 Å². The van der Waals surface area contributed by atoms with Crippen molar-refractivity contribution in [3.63, 3.8) is 0 Å². The van der Waals surface area contributed by atoms with Crippen molar-refractivity contribution < 1.29 is 23.0 Å². The Morgan fingerprint density at radius 3 is 2.24 bits per heavy atom. The molecule has 33 heavy (non-hydrogen) atoms. The largest absolute Gasteiger partial charge is 0.494 e. The highest BCUT2D eigenvalue weighted by Crippen LogP contribution is 2.34.